The van der Waals surface area contributed by atoms with Gasteiger partial charge in [0.2, 0.25) is 0 Å². The Kier molecular flexibility index (Phi) is 7.13. The van der Waals surface area contributed by atoms with E-state index < -0.39 is 5.97 Å². The van der Waals surface area contributed by atoms with E-state index in [1.54, 1.807) is 0 Å². The molecule has 2 aliphatic rings. The maximum Gasteiger partial charge on any atom is 0.303 e. The van der Waals surface area contributed by atoms with Crippen molar-refractivity contribution in [2.75, 3.05) is 0 Å². The molecule has 6 heteroatoms. The number of carbonyl (C=O) groups is 1. The molecule has 3 N–H and O–H groups in total. The lowest BCUT2D eigenvalue weighted by Crippen LogP contribution is -1.95. The van der Waals surface area contributed by atoms with Crippen LogP contribution in [-0.4, -0.2) is 31.0 Å². The SMILES string of the molecule is C=Cc1c(C)c2cc3nc(cc4nc(cc5[nH]c(cc1[nH]2)c(C)c5C(C)C)C(C)=C4CCC(=O)O)C(CC)=C3C. The van der Waals surface area contributed by atoms with E-state index in [4.69, 9.17) is 9.97 Å². The molecular formula is C34H38N4O2. The fourth-order valence-corrected chi connectivity index (χ4v) is 6.15. The molecule has 0 aromatic carbocycles. The topological polar surface area (TPSA) is 94.7 Å². The molecule has 5 rings (SSSR count). The molecule has 0 saturated heterocycles. The van der Waals surface area contributed by atoms with Crippen LogP contribution in [0.15, 0.2) is 30.8 Å². The summed E-state index contributed by atoms with van der Waals surface area (Å²) in [5, 5.41) is 9.46. The van der Waals surface area contributed by atoms with Gasteiger partial charge in [0.1, 0.15) is 0 Å². The number of fused-ring (bicyclic) bond motifs is 8. The molecule has 0 saturated carbocycles. The summed E-state index contributed by atoms with van der Waals surface area (Å²) < 4.78 is 0. The van der Waals surface area contributed by atoms with Crippen molar-refractivity contribution in [1.29, 1.82) is 0 Å². The minimum Gasteiger partial charge on any atom is -0.481 e. The first-order chi connectivity index (χ1) is 19.0. The van der Waals surface area contributed by atoms with Crippen LogP contribution in [-0.2, 0) is 4.79 Å². The van der Waals surface area contributed by atoms with Crippen molar-refractivity contribution in [1.82, 2.24) is 19.9 Å². The van der Waals surface area contributed by atoms with Gasteiger partial charge >= 0.3 is 5.97 Å². The molecule has 0 amide bonds. The van der Waals surface area contributed by atoms with E-state index in [1.165, 1.54) is 16.7 Å². The average Bonchev–Trinajstić information content (AvgIpc) is 3.55. The van der Waals surface area contributed by atoms with Crippen LogP contribution in [0.3, 0.4) is 0 Å². The third-order valence-electron chi connectivity index (χ3n) is 8.36. The summed E-state index contributed by atoms with van der Waals surface area (Å²) in [5.74, 6) is -0.514. The Morgan fingerprint density at radius 2 is 1.43 bits per heavy atom. The van der Waals surface area contributed by atoms with Gasteiger partial charge in [-0.3, -0.25) is 4.79 Å². The number of aryl methyl sites for hydroxylation is 2. The number of hydrogen-bond acceptors (Lipinski definition) is 3. The largest absolute Gasteiger partial charge is 0.481 e. The molecule has 0 spiro atoms. The Hall–Kier alpha value is -4.19. The van der Waals surface area contributed by atoms with Crippen LogP contribution in [0, 0.1) is 13.8 Å². The third-order valence-corrected chi connectivity index (χ3v) is 8.36. The standard InChI is InChI=1S/C34H38N4O2/c1-9-22-18(5)25-13-26-19(6)23(10-2)30(36-26)16-31-24(11-12-33(39)40)20(7)27(37-31)15-32-34(17(3)4)21(8)28(38-32)14-29(22)35-25/h9,13-17,35,38H,1,10-12H2,2-8H3,(H,39,40). The van der Waals surface area contributed by atoms with Crippen LogP contribution in [0.2, 0.25) is 0 Å². The summed E-state index contributed by atoms with van der Waals surface area (Å²) in [6.45, 7) is 19.1. The number of nitrogens with zero attached hydrogens (tertiary/aromatic N) is 2. The van der Waals surface area contributed by atoms with Gasteiger partial charge in [-0.15, -0.1) is 0 Å². The van der Waals surface area contributed by atoms with Gasteiger partial charge in [0, 0.05) is 34.1 Å². The number of allylic oxidation sites excluding steroid dienone is 4. The second-order valence-electron chi connectivity index (χ2n) is 11.1. The number of rotatable bonds is 6. The second kappa shape index (κ2) is 10.4. The predicted octanol–water partition coefficient (Wildman–Crippen LogP) is 8.83. The fraction of sp³-hybridized carbons (Fsp3) is 0.324. The third kappa shape index (κ3) is 4.61. The number of H-pyrrole nitrogens is 2. The first-order valence-electron chi connectivity index (χ1n) is 14.0. The van der Waals surface area contributed by atoms with Crippen LogP contribution in [0.4, 0.5) is 0 Å². The van der Waals surface area contributed by atoms with Crippen molar-refractivity contribution in [3.8, 4) is 0 Å². The van der Waals surface area contributed by atoms with Crippen LogP contribution in [0.1, 0.15) is 105 Å². The van der Waals surface area contributed by atoms with Crippen molar-refractivity contribution in [3.63, 3.8) is 0 Å². The number of carboxylic acid groups (broad SMARTS) is 1. The molecule has 5 heterocycles. The molecule has 0 radical (unpaired) electrons. The zero-order valence-electron chi connectivity index (χ0n) is 24.5. The number of nitrogens with one attached hydrogen (secondary N) is 2. The lowest BCUT2D eigenvalue weighted by Gasteiger charge is -2.05. The minimum atomic E-state index is -0.814. The van der Waals surface area contributed by atoms with Gasteiger partial charge in [-0.05, 0) is 110 Å². The highest BCUT2D eigenvalue weighted by atomic mass is 16.4. The summed E-state index contributed by atoms with van der Waals surface area (Å²) in [6, 6.07) is 8.45. The molecule has 0 unspecified atom stereocenters. The predicted molar refractivity (Wildman–Crippen MR) is 167 cm³/mol. The summed E-state index contributed by atoms with van der Waals surface area (Å²) in [6.07, 6.45) is 3.22. The highest BCUT2D eigenvalue weighted by Crippen LogP contribution is 2.38. The van der Waals surface area contributed by atoms with E-state index in [1.807, 2.05) is 19.1 Å². The molecule has 0 aliphatic carbocycles. The molecule has 8 bridgehead atoms. The van der Waals surface area contributed by atoms with Crippen molar-refractivity contribution in [2.45, 2.75) is 73.6 Å². The molecule has 3 aromatic heterocycles. The number of aliphatic carboxylic acids is 1. The van der Waals surface area contributed by atoms with E-state index in [9.17, 15) is 9.90 Å². The van der Waals surface area contributed by atoms with Gasteiger partial charge in [0.05, 0.1) is 22.8 Å². The minimum absolute atomic E-state index is 0.0533. The van der Waals surface area contributed by atoms with E-state index in [0.717, 1.165) is 79.1 Å². The highest BCUT2D eigenvalue weighted by molar-refractivity contribution is 5.96. The number of carboxylic acids is 1. The van der Waals surface area contributed by atoms with Crippen molar-refractivity contribution >= 4 is 56.4 Å². The zero-order valence-corrected chi connectivity index (χ0v) is 24.5. The summed E-state index contributed by atoms with van der Waals surface area (Å²) >= 11 is 0. The molecule has 40 heavy (non-hydrogen) atoms. The van der Waals surface area contributed by atoms with E-state index >= 15 is 0 Å². The number of aromatic nitrogens is 4. The van der Waals surface area contributed by atoms with Gasteiger partial charge in [-0.2, -0.15) is 0 Å². The summed E-state index contributed by atoms with van der Waals surface area (Å²) in [4.78, 5) is 29.0. The quantitative estimate of drug-likeness (QED) is 0.294. The van der Waals surface area contributed by atoms with Crippen LogP contribution in [0.25, 0.3) is 50.4 Å². The Labute approximate surface area is 235 Å². The van der Waals surface area contributed by atoms with Gasteiger partial charge in [-0.1, -0.05) is 33.4 Å². The molecule has 6 nitrogen and oxygen atoms in total. The lowest BCUT2D eigenvalue weighted by molar-refractivity contribution is -0.136. The van der Waals surface area contributed by atoms with E-state index in [-0.39, 0.29) is 6.42 Å². The van der Waals surface area contributed by atoms with Crippen molar-refractivity contribution in [2.24, 2.45) is 0 Å². The zero-order chi connectivity index (χ0) is 28.9. The maximum absolute atomic E-state index is 11.5. The molecule has 0 atom stereocenters. The second-order valence-corrected chi connectivity index (χ2v) is 11.1. The van der Waals surface area contributed by atoms with Crippen molar-refractivity contribution < 1.29 is 9.90 Å². The molecular weight excluding hydrogens is 496 g/mol. The number of hydrogen-bond donors (Lipinski definition) is 3. The van der Waals surface area contributed by atoms with E-state index in [2.05, 4.69) is 76.3 Å². The Bertz CT molecular complexity index is 1790. The normalized spacial score (nSPS) is 13.5. The average molecular weight is 535 g/mol. The lowest BCUT2D eigenvalue weighted by atomic mass is 9.98. The maximum atomic E-state index is 11.5. The molecule has 3 aromatic rings. The monoisotopic (exact) mass is 534 g/mol. The van der Waals surface area contributed by atoms with E-state index in [0.29, 0.717) is 12.3 Å². The van der Waals surface area contributed by atoms with Crippen molar-refractivity contribution in [3.05, 3.63) is 75.9 Å². The molecule has 0 fully saturated rings. The van der Waals surface area contributed by atoms with Gasteiger partial charge < -0.3 is 15.1 Å². The van der Waals surface area contributed by atoms with Gasteiger partial charge in [0.25, 0.3) is 0 Å². The fourth-order valence-electron chi connectivity index (χ4n) is 6.15. The Balaban J connectivity index is 1.97. The summed E-state index contributed by atoms with van der Waals surface area (Å²) in [7, 11) is 0. The van der Waals surface area contributed by atoms with Gasteiger partial charge in [-0.25, -0.2) is 9.97 Å². The smallest absolute Gasteiger partial charge is 0.303 e. The molecule has 2 aliphatic heterocycles. The first kappa shape index (κ1) is 27.4. The summed E-state index contributed by atoms with van der Waals surface area (Å²) in [5.41, 5.74) is 16.5. The highest BCUT2D eigenvalue weighted by Gasteiger charge is 2.22. The van der Waals surface area contributed by atoms with Crippen LogP contribution in [0.5, 0.6) is 0 Å². The molecule has 206 valence electrons. The number of aromatic amines is 2. The Morgan fingerprint density at radius 1 is 0.850 bits per heavy atom. The van der Waals surface area contributed by atoms with Gasteiger partial charge in [0.15, 0.2) is 0 Å². The van der Waals surface area contributed by atoms with Crippen LogP contribution >= 0.6 is 0 Å². The first-order valence-corrected chi connectivity index (χ1v) is 14.0. The Morgan fingerprint density at radius 3 is 2.02 bits per heavy atom. The van der Waals surface area contributed by atoms with Crippen LogP contribution < -0.4 is 0 Å².